The van der Waals surface area contributed by atoms with E-state index in [1.165, 1.54) is 38.4 Å². The summed E-state index contributed by atoms with van der Waals surface area (Å²) in [7, 11) is 1.22. The summed E-state index contributed by atoms with van der Waals surface area (Å²) in [6.45, 7) is 3.44. The maximum atomic E-state index is 13.5. The molecule has 1 atom stereocenters. The number of ether oxygens (including phenoxy) is 3. The first kappa shape index (κ1) is 30.1. The van der Waals surface area contributed by atoms with Gasteiger partial charge in [0.05, 0.1) is 36.4 Å². The standard InChI is InChI=1S/C28H22BrClF3N3O5/c1-4-40-21-13-17(22(29)23(30)24(21)41-15(2)27(38)39-3)14-34-36-25(16-8-7-9-18(12-16)28(31,32)33)35-20-11-6-5-10-19(20)26(36)37/h5-15H,4H2,1-3H3/t15-/m1/s1. The predicted octanol–water partition coefficient (Wildman–Crippen LogP) is 6.72. The van der Waals surface area contributed by atoms with E-state index in [0.29, 0.717) is 15.6 Å². The first-order valence-electron chi connectivity index (χ1n) is 12.1. The number of carbonyl (C=O) groups is 1. The molecular formula is C28H22BrClF3N3O5. The summed E-state index contributed by atoms with van der Waals surface area (Å²) >= 11 is 9.94. The molecule has 0 saturated heterocycles. The topological polar surface area (TPSA) is 92.0 Å². The number of esters is 1. The molecule has 0 aliphatic rings. The number of hydrogen-bond donors (Lipinski definition) is 0. The van der Waals surface area contributed by atoms with E-state index in [0.717, 1.165) is 16.8 Å². The van der Waals surface area contributed by atoms with E-state index in [2.05, 4.69) is 26.0 Å². The Labute approximate surface area is 245 Å². The molecule has 0 radical (unpaired) electrons. The number of benzene rings is 3. The fourth-order valence-electron chi connectivity index (χ4n) is 3.83. The number of fused-ring (bicyclic) bond motifs is 1. The average Bonchev–Trinajstić information content (AvgIpc) is 2.96. The summed E-state index contributed by atoms with van der Waals surface area (Å²) in [5, 5.41) is 4.57. The number of hydrogen-bond acceptors (Lipinski definition) is 7. The summed E-state index contributed by atoms with van der Waals surface area (Å²) in [6.07, 6.45) is -4.32. The van der Waals surface area contributed by atoms with Gasteiger partial charge in [-0.2, -0.15) is 22.9 Å². The van der Waals surface area contributed by atoms with Crippen LogP contribution in [0.25, 0.3) is 22.3 Å². The van der Waals surface area contributed by atoms with Crippen molar-refractivity contribution in [1.29, 1.82) is 0 Å². The molecule has 0 aliphatic carbocycles. The highest BCUT2D eigenvalue weighted by Gasteiger charge is 2.31. The smallest absolute Gasteiger partial charge is 0.416 e. The summed E-state index contributed by atoms with van der Waals surface area (Å²) in [4.78, 5) is 29.8. The zero-order chi connectivity index (χ0) is 29.9. The monoisotopic (exact) mass is 651 g/mol. The lowest BCUT2D eigenvalue weighted by atomic mass is 10.1. The Kier molecular flexibility index (Phi) is 9.03. The van der Waals surface area contributed by atoms with E-state index in [4.69, 9.17) is 25.8 Å². The number of halogens is 5. The lowest BCUT2D eigenvalue weighted by molar-refractivity contribution is -0.148. The third kappa shape index (κ3) is 6.38. The molecule has 0 N–H and O–H groups in total. The van der Waals surface area contributed by atoms with Crippen molar-refractivity contribution in [2.75, 3.05) is 13.7 Å². The van der Waals surface area contributed by atoms with E-state index >= 15 is 0 Å². The van der Waals surface area contributed by atoms with Gasteiger partial charge in [0.25, 0.3) is 5.56 Å². The van der Waals surface area contributed by atoms with Gasteiger partial charge in [-0.15, -0.1) is 0 Å². The Hall–Kier alpha value is -3.90. The van der Waals surface area contributed by atoms with Gasteiger partial charge in [-0.3, -0.25) is 4.79 Å². The number of methoxy groups -OCH3 is 1. The highest BCUT2D eigenvalue weighted by molar-refractivity contribution is 9.10. The van der Waals surface area contributed by atoms with Crippen molar-refractivity contribution in [3.8, 4) is 22.9 Å². The van der Waals surface area contributed by atoms with Crippen molar-refractivity contribution in [1.82, 2.24) is 9.66 Å². The van der Waals surface area contributed by atoms with Crippen LogP contribution in [0.5, 0.6) is 11.5 Å². The molecule has 4 aromatic rings. The van der Waals surface area contributed by atoms with E-state index in [1.807, 2.05) is 0 Å². The lowest BCUT2D eigenvalue weighted by Gasteiger charge is -2.19. The van der Waals surface area contributed by atoms with Crippen LogP contribution in [-0.4, -0.2) is 41.7 Å². The maximum Gasteiger partial charge on any atom is 0.416 e. The van der Waals surface area contributed by atoms with Gasteiger partial charge in [0.2, 0.25) is 0 Å². The van der Waals surface area contributed by atoms with E-state index < -0.39 is 29.4 Å². The number of aromatic nitrogens is 2. The van der Waals surface area contributed by atoms with Gasteiger partial charge < -0.3 is 14.2 Å². The fourth-order valence-corrected chi connectivity index (χ4v) is 4.48. The van der Waals surface area contributed by atoms with Crippen LogP contribution in [0.3, 0.4) is 0 Å². The normalized spacial score (nSPS) is 12.5. The predicted molar refractivity (Wildman–Crippen MR) is 152 cm³/mol. The summed E-state index contributed by atoms with van der Waals surface area (Å²) in [6, 6.07) is 12.4. The van der Waals surface area contributed by atoms with Crippen LogP contribution < -0.4 is 15.0 Å². The Bertz CT molecular complexity index is 1710. The zero-order valence-electron chi connectivity index (χ0n) is 21.8. The lowest BCUT2D eigenvalue weighted by Crippen LogP contribution is -2.25. The van der Waals surface area contributed by atoms with Gasteiger partial charge in [-0.1, -0.05) is 35.9 Å². The molecule has 0 spiro atoms. The number of nitrogens with zero attached hydrogens (tertiary/aromatic N) is 3. The minimum atomic E-state index is -4.60. The molecule has 0 bridgehead atoms. The van der Waals surface area contributed by atoms with Crippen molar-refractivity contribution in [2.24, 2.45) is 5.10 Å². The summed E-state index contributed by atoms with van der Waals surface area (Å²) < 4.78 is 57.7. The molecule has 0 aliphatic heterocycles. The van der Waals surface area contributed by atoms with Gasteiger partial charge in [-0.25, -0.2) is 9.78 Å². The van der Waals surface area contributed by atoms with Crippen LogP contribution >= 0.6 is 27.5 Å². The van der Waals surface area contributed by atoms with Crippen LogP contribution in [0.1, 0.15) is 25.0 Å². The SMILES string of the molecule is CCOc1cc(C=Nn2c(-c3cccc(C(F)(F)F)c3)nc3ccccc3c2=O)c(Br)c(Cl)c1O[C@H](C)C(=O)OC. The van der Waals surface area contributed by atoms with E-state index in [-0.39, 0.29) is 39.9 Å². The zero-order valence-corrected chi connectivity index (χ0v) is 24.2. The van der Waals surface area contributed by atoms with Gasteiger partial charge >= 0.3 is 12.1 Å². The minimum absolute atomic E-state index is 0.0347. The average molecular weight is 653 g/mol. The quantitative estimate of drug-likeness (QED) is 0.155. The summed E-state index contributed by atoms with van der Waals surface area (Å²) in [5.74, 6) is -0.477. The molecule has 4 rings (SSSR count). The van der Waals surface area contributed by atoms with Crippen LogP contribution in [-0.2, 0) is 15.7 Å². The number of alkyl halides is 3. The van der Waals surface area contributed by atoms with E-state index in [9.17, 15) is 22.8 Å². The fraction of sp³-hybridized carbons (Fsp3) is 0.214. The second-order valence-corrected chi connectivity index (χ2v) is 9.70. The molecule has 214 valence electrons. The first-order chi connectivity index (χ1) is 19.5. The Morgan fingerprint density at radius 1 is 1.20 bits per heavy atom. The van der Waals surface area contributed by atoms with Crippen molar-refractivity contribution >= 4 is 50.6 Å². The summed E-state index contributed by atoms with van der Waals surface area (Å²) in [5.41, 5.74) is -0.835. The van der Waals surface area contributed by atoms with Crippen LogP contribution in [0.4, 0.5) is 13.2 Å². The van der Waals surface area contributed by atoms with Crippen molar-refractivity contribution in [3.63, 3.8) is 0 Å². The van der Waals surface area contributed by atoms with Crippen molar-refractivity contribution in [3.05, 3.63) is 85.6 Å². The van der Waals surface area contributed by atoms with Crippen molar-refractivity contribution in [2.45, 2.75) is 26.1 Å². The first-order valence-corrected chi connectivity index (χ1v) is 13.3. The number of para-hydroxylation sites is 1. The maximum absolute atomic E-state index is 13.5. The minimum Gasteiger partial charge on any atom is -0.490 e. The van der Waals surface area contributed by atoms with Gasteiger partial charge in [0, 0.05) is 15.6 Å². The molecular weight excluding hydrogens is 631 g/mol. The molecule has 41 heavy (non-hydrogen) atoms. The molecule has 13 heteroatoms. The van der Waals surface area contributed by atoms with Crippen LogP contribution in [0, 0.1) is 0 Å². The Morgan fingerprint density at radius 3 is 2.61 bits per heavy atom. The van der Waals surface area contributed by atoms with Gasteiger partial charge in [-0.05, 0) is 60.1 Å². The molecule has 1 heterocycles. The van der Waals surface area contributed by atoms with Gasteiger partial charge in [0.15, 0.2) is 23.4 Å². The van der Waals surface area contributed by atoms with Crippen LogP contribution in [0.15, 0.2) is 69.0 Å². The third-order valence-electron chi connectivity index (χ3n) is 5.80. The third-order valence-corrected chi connectivity index (χ3v) is 7.24. The molecule has 0 amide bonds. The number of carbonyl (C=O) groups excluding carboxylic acids is 1. The molecule has 0 unspecified atom stereocenters. The molecule has 0 saturated carbocycles. The second-order valence-electron chi connectivity index (χ2n) is 8.53. The highest BCUT2D eigenvalue weighted by atomic mass is 79.9. The molecule has 1 aromatic heterocycles. The van der Waals surface area contributed by atoms with Gasteiger partial charge in [0.1, 0.15) is 5.02 Å². The Balaban J connectivity index is 1.88. The molecule has 3 aromatic carbocycles. The largest absolute Gasteiger partial charge is 0.490 e. The second kappa shape index (κ2) is 12.3. The highest BCUT2D eigenvalue weighted by Crippen LogP contribution is 2.43. The molecule has 8 nitrogen and oxygen atoms in total. The van der Waals surface area contributed by atoms with E-state index in [1.54, 1.807) is 31.2 Å². The van der Waals surface area contributed by atoms with Crippen molar-refractivity contribution < 1.29 is 32.2 Å². The Morgan fingerprint density at radius 2 is 1.93 bits per heavy atom. The number of rotatable bonds is 8. The molecule has 0 fully saturated rings. The van der Waals surface area contributed by atoms with Crippen LogP contribution in [0.2, 0.25) is 5.02 Å².